The SMILES string of the molecule is COc1ccc([C@@H](CNC(=O)c2cccc(Br)c2)[NH+]2CCCC2)cc1. The maximum atomic E-state index is 12.5. The van der Waals surface area contributed by atoms with Crippen molar-refractivity contribution >= 4 is 21.8 Å². The van der Waals surface area contributed by atoms with Gasteiger partial charge in [0.25, 0.3) is 5.91 Å². The van der Waals surface area contributed by atoms with Crippen molar-refractivity contribution in [3.05, 3.63) is 64.1 Å². The molecule has 1 aliphatic rings. The van der Waals surface area contributed by atoms with Crippen LogP contribution in [0.5, 0.6) is 5.75 Å². The van der Waals surface area contributed by atoms with Gasteiger partial charge in [0, 0.05) is 28.4 Å². The van der Waals surface area contributed by atoms with Gasteiger partial charge in [0.15, 0.2) is 0 Å². The summed E-state index contributed by atoms with van der Waals surface area (Å²) < 4.78 is 6.17. The number of amides is 1. The van der Waals surface area contributed by atoms with E-state index in [2.05, 4.69) is 33.4 Å². The average Bonchev–Trinajstić information content (AvgIpc) is 3.16. The molecule has 0 unspecified atom stereocenters. The molecule has 2 N–H and O–H groups in total. The number of ether oxygens (including phenoxy) is 1. The molecule has 0 saturated carbocycles. The van der Waals surface area contributed by atoms with Crippen LogP contribution in [0.15, 0.2) is 53.0 Å². The van der Waals surface area contributed by atoms with Gasteiger partial charge in [-0.05, 0) is 42.5 Å². The Hall–Kier alpha value is -1.85. The molecule has 2 aromatic carbocycles. The molecule has 1 amide bonds. The summed E-state index contributed by atoms with van der Waals surface area (Å²) in [7, 11) is 1.68. The highest BCUT2D eigenvalue weighted by atomic mass is 79.9. The summed E-state index contributed by atoms with van der Waals surface area (Å²) in [5.74, 6) is 0.829. The first-order valence-corrected chi connectivity index (χ1v) is 9.49. The largest absolute Gasteiger partial charge is 0.497 e. The van der Waals surface area contributed by atoms with Crippen molar-refractivity contribution in [1.29, 1.82) is 0 Å². The molecule has 1 fully saturated rings. The van der Waals surface area contributed by atoms with Crippen molar-refractivity contribution in [2.45, 2.75) is 18.9 Å². The molecule has 1 saturated heterocycles. The van der Waals surface area contributed by atoms with Crippen LogP contribution in [-0.4, -0.2) is 32.7 Å². The summed E-state index contributed by atoms with van der Waals surface area (Å²) >= 11 is 3.42. The van der Waals surface area contributed by atoms with E-state index in [0.717, 1.165) is 23.3 Å². The molecular formula is C20H24BrN2O2+. The van der Waals surface area contributed by atoms with Crippen LogP contribution in [0, 0.1) is 0 Å². The standard InChI is InChI=1S/C20H23BrN2O2/c1-25-18-9-7-15(8-10-18)19(23-11-2-3-12-23)14-22-20(24)16-5-4-6-17(21)13-16/h4-10,13,19H,2-3,11-12,14H2,1H3,(H,22,24)/p+1/t19-/m1/s1. The summed E-state index contributed by atoms with van der Waals surface area (Å²) in [6.07, 6.45) is 2.50. The third kappa shape index (κ3) is 4.61. The molecule has 1 heterocycles. The number of rotatable bonds is 6. The first-order chi connectivity index (χ1) is 12.2. The zero-order chi connectivity index (χ0) is 17.6. The second-order valence-corrected chi connectivity index (χ2v) is 7.33. The lowest BCUT2D eigenvalue weighted by molar-refractivity contribution is -0.918. The van der Waals surface area contributed by atoms with Crippen molar-refractivity contribution < 1.29 is 14.4 Å². The fourth-order valence-corrected chi connectivity index (χ4v) is 3.84. The Morgan fingerprint density at radius 1 is 1.20 bits per heavy atom. The second kappa shape index (κ2) is 8.50. The fraction of sp³-hybridized carbons (Fsp3) is 0.350. The zero-order valence-electron chi connectivity index (χ0n) is 14.4. The minimum Gasteiger partial charge on any atom is -0.497 e. The topological polar surface area (TPSA) is 42.8 Å². The quantitative estimate of drug-likeness (QED) is 0.778. The molecule has 0 spiro atoms. The van der Waals surface area contributed by atoms with Crippen LogP contribution in [0.4, 0.5) is 0 Å². The third-order valence-corrected chi connectivity index (χ3v) is 5.30. The minimum atomic E-state index is -0.0293. The molecule has 0 radical (unpaired) electrons. The number of halogens is 1. The van der Waals surface area contributed by atoms with Crippen molar-refractivity contribution in [3.63, 3.8) is 0 Å². The zero-order valence-corrected chi connectivity index (χ0v) is 16.0. The predicted octanol–water partition coefficient (Wildman–Crippen LogP) is 2.61. The molecule has 4 nitrogen and oxygen atoms in total. The summed E-state index contributed by atoms with van der Waals surface area (Å²) in [6, 6.07) is 16.0. The van der Waals surface area contributed by atoms with Gasteiger partial charge < -0.3 is 15.0 Å². The Balaban J connectivity index is 1.72. The first kappa shape index (κ1) is 18.0. The van der Waals surface area contributed by atoms with E-state index < -0.39 is 0 Å². The number of benzene rings is 2. The Labute approximate surface area is 157 Å². The molecule has 132 valence electrons. The van der Waals surface area contributed by atoms with Crippen LogP contribution >= 0.6 is 15.9 Å². The lowest BCUT2D eigenvalue weighted by Gasteiger charge is -2.25. The molecule has 5 heteroatoms. The number of likely N-dealkylation sites (tertiary alicyclic amines) is 1. The van der Waals surface area contributed by atoms with Gasteiger partial charge in [-0.1, -0.05) is 22.0 Å². The number of quaternary nitrogens is 1. The van der Waals surface area contributed by atoms with Gasteiger partial charge in [0.2, 0.25) is 0 Å². The van der Waals surface area contributed by atoms with E-state index in [1.807, 2.05) is 36.4 Å². The molecule has 1 atom stereocenters. The van der Waals surface area contributed by atoms with Gasteiger partial charge in [0.05, 0.1) is 26.7 Å². The molecule has 0 aliphatic carbocycles. The van der Waals surface area contributed by atoms with E-state index in [1.54, 1.807) is 12.0 Å². The number of hydrogen-bond acceptors (Lipinski definition) is 2. The highest BCUT2D eigenvalue weighted by Gasteiger charge is 2.27. The number of methoxy groups -OCH3 is 1. The maximum absolute atomic E-state index is 12.5. The summed E-state index contributed by atoms with van der Waals surface area (Å²) in [5.41, 5.74) is 1.92. The van der Waals surface area contributed by atoms with Crippen molar-refractivity contribution in [3.8, 4) is 5.75 Å². The molecule has 0 bridgehead atoms. The van der Waals surface area contributed by atoms with Gasteiger partial charge >= 0.3 is 0 Å². The van der Waals surface area contributed by atoms with E-state index in [0.29, 0.717) is 12.1 Å². The molecule has 2 aromatic rings. The highest BCUT2D eigenvalue weighted by Crippen LogP contribution is 2.17. The van der Waals surface area contributed by atoms with Crippen molar-refractivity contribution in [1.82, 2.24) is 5.32 Å². The van der Waals surface area contributed by atoms with Gasteiger partial charge in [-0.25, -0.2) is 0 Å². The van der Waals surface area contributed by atoms with Crippen LogP contribution in [0.25, 0.3) is 0 Å². The lowest BCUT2D eigenvalue weighted by atomic mass is 10.0. The minimum absolute atomic E-state index is 0.0293. The van der Waals surface area contributed by atoms with Crippen LogP contribution in [0.1, 0.15) is 34.8 Å². The summed E-state index contributed by atoms with van der Waals surface area (Å²) in [6.45, 7) is 2.94. The Kier molecular flexibility index (Phi) is 6.10. The lowest BCUT2D eigenvalue weighted by Crippen LogP contribution is -3.11. The first-order valence-electron chi connectivity index (χ1n) is 8.69. The maximum Gasteiger partial charge on any atom is 0.251 e. The smallest absolute Gasteiger partial charge is 0.251 e. The van der Waals surface area contributed by atoms with Crippen LogP contribution in [0.3, 0.4) is 0 Å². The van der Waals surface area contributed by atoms with Crippen LogP contribution < -0.4 is 15.0 Å². The number of nitrogens with one attached hydrogen (secondary N) is 2. The van der Waals surface area contributed by atoms with E-state index in [1.165, 1.54) is 18.4 Å². The van der Waals surface area contributed by atoms with Gasteiger partial charge in [0.1, 0.15) is 11.8 Å². The van der Waals surface area contributed by atoms with Gasteiger partial charge in [-0.3, -0.25) is 4.79 Å². The van der Waals surface area contributed by atoms with Gasteiger partial charge in [-0.2, -0.15) is 0 Å². The average molecular weight is 404 g/mol. The van der Waals surface area contributed by atoms with E-state index >= 15 is 0 Å². The molecule has 0 aromatic heterocycles. The molecule has 25 heavy (non-hydrogen) atoms. The van der Waals surface area contributed by atoms with Crippen molar-refractivity contribution in [2.75, 3.05) is 26.7 Å². The van der Waals surface area contributed by atoms with E-state index in [-0.39, 0.29) is 11.9 Å². The monoisotopic (exact) mass is 403 g/mol. The Bertz CT molecular complexity index is 712. The number of carbonyl (C=O) groups excluding carboxylic acids is 1. The molecule has 1 aliphatic heterocycles. The third-order valence-electron chi connectivity index (χ3n) is 4.81. The normalized spacial score (nSPS) is 15.8. The summed E-state index contributed by atoms with van der Waals surface area (Å²) in [4.78, 5) is 14.0. The number of hydrogen-bond donors (Lipinski definition) is 2. The van der Waals surface area contributed by atoms with E-state index in [4.69, 9.17) is 4.74 Å². The summed E-state index contributed by atoms with van der Waals surface area (Å²) in [5, 5.41) is 3.12. The van der Waals surface area contributed by atoms with Crippen LogP contribution in [0.2, 0.25) is 0 Å². The van der Waals surface area contributed by atoms with Gasteiger partial charge in [-0.15, -0.1) is 0 Å². The fourth-order valence-electron chi connectivity index (χ4n) is 3.44. The predicted molar refractivity (Wildman–Crippen MR) is 102 cm³/mol. The van der Waals surface area contributed by atoms with E-state index in [9.17, 15) is 4.79 Å². The highest BCUT2D eigenvalue weighted by molar-refractivity contribution is 9.10. The second-order valence-electron chi connectivity index (χ2n) is 6.41. The van der Waals surface area contributed by atoms with Crippen LogP contribution in [-0.2, 0) is 0 Å². The Morgan fingerprint density at radius 3 is 2.56 bits per heavy atom. The Morgan fingerprint density at radius 2 is 1.92 bits per heavy atom. The number of carbonyl (C=O) groups is 1. The molecule has 3 rings (SSSR count). The molecular weight excluding hydrogens is 380 g/mol. The van der Waals surface area contributed by atoms with Crippen molar-refractivity contribution in [2.24, 2.45) is 0 Å².